The Morgan fingerprint density at radius 1 is 1.33 bits per heavy atom. The van der Waals surface area contributed by atoms with E-state index in [2.05, 4.69) is 21.2 Å². The number of aryl methyl sites for hydroxylation is 2. The van der Waals surface area contributed by atoms with E-state index in [1.165, 1.54) is 4.90 Å². The first-order valence-electron chi connectivity index (χ1n) is 7.24. The van der Waals surface area contributed by atoms with Crippen LogP contribution in [0.15, 0.2) is 16.6 Å². The summed E-state index contributed by atoms with van der Waals surface area (Å²) in [5, 5.41) is 3.21. The van der Waals surface area contributed by atoms with Crippen LogP contribution < -0.4 is 5.32 Å². The molecular formula is C16H21BrN2O2. The van der Waals surface area contributed by atoms with E-state index >= 15 is 0 Å². The molecule has 0 spiro atoms. The van der Waals surface area contributed by atoms with Crippen LogP contribution in [0.1, 0.15) is 37.8 Å². The van der Waals surface area contributed by atoms with Crippen LogP contribution in [0.2, 0.25) is 0 Å². The molecule has 0 aliphatic carbocycles. The van der Waals surface area contributed by atoms with Crippen molar-refractivity contribution in [2.75, 3.05) is 5.32 Å². The van der Waals surface area contributed by atoms with Crippen molar-refractivity contribution in [3.63, 3.8) is 0 Å². The van der Waals surface area contributed by atoms with Crippen LogP contribution in [-0.4, -0.2) is 28.8 Å². The van der Waals surface area contributed by atoms with Crippen molar-refractivity contribution in [2.24, 2.45) is 0 Å². The van der Waals surface area contributed by atoms with Gasteiger partial charge < -0.3 is 5.32 Å². The molecule has 21 heavy (non-hydrogen) atoms. The molecule has 5 heteroatoms. The summed E-state index contributed by atoms with van der Waals surface area (Å²) in [5.74, 6) is -0.204. The zero-order valence-corrected chi connectivity index (χ0v) is 14.5. The predicted molar refractivity (Wildman–Crippen MR) is 87.2 cm³/mol. The number of halogens is 1. The quantitative estimate of drug-likeness (QED) is 0.844. The maximum Gasteiger partial charge on any atom is 0.252 e. The molecule has 1 heterocycles. The summed E-state index contributed by atoms with van der Waals surface area (Å²) in [6, 6.07) is 3.48. The lowest BCUT2D eigenvalue weighted by Gasteiger charge is -2.22. The van der Waals surface area contributed by atoms with Crippen LogP contribution in [0, 0.1) is 13.8 Å². The van der Waals surface area contributed by atoms with Gasteiger partial charge in [0, 0.05) is 16.2 Å². The Morgan fingerprint density at radius 2 is 1.90 bits per heavy atom. The molecule has 4 nitrogen and oxygen atoms in total. The monoisotopic (exact) mass is 352 g/mol. The molecule has 0 aromatic heterocycles. The smallest absolute Gasteiger partial charge is 0.252 e. The highest BCUT2D eigenvalue weighted by atomic mass is 79.9. The molecule has 2 atom stereocenters. The van der Waals surface area contributed by atoms with Crippen LogP contribution in [0.4, 0.5) is 5.69 Å². The van der Waals surface area contributed by atoms with Crippen molar-refractivity contribution in [2.45, 2.75) is 52.6 Å². The normalized spacial score (nSPS) is 20.0. The molecule has 0 saturated carbocycles. The van der Waals surface area contributed by atoms with Gasteiger partial charge in [-0.15, -0.1) is 0 Å². The number of imide groups is 1. The van der Waals surface area contributed by atoms with Crippen molar-refractivity contribution in [3.05, 3.63) is 27.7 Å². The fraction of sp³-hybridized carbons (Fsp3) is 0.500. The molecule has 1 saturated heterocycles. The third kappa shape index (κ3) is 3.12. The van der Waals surface area contributed by atoms with Crippen LogP contribution in [0.25, 0.3) is 0 Å². The number of hydrogen-bond donors (Lipinski definition) is 1. The summed E-state index contributed by atoms with van der Waals surface area (Å²) in [6.45, 7) is 7.91. The number of carbonyl (C=O) groups excluding carboxylic acids is 2. The summed E-state index contributed by atoms with van der Waals surface area (Å²) in [4.78, 5) is 25.8. The maximum atomic E-state index is 12.4. The average Bonchev–Trinajstić information content (AvgIpc) is 2.70. The summed E-state index contributed by atoms with van der Waals surface area (Å²) < 4.78 is 1.07. The van der Waals surface area contributed by atoms with Gasteiger partial charge in [-0.05, 0) is 50.5 Å². The molecule has 2 amide bonds. The van der Waals surface area contributed by atoms with Gasteiger partial charge in [0.2, 0.25) is 5.91 Å². The topological polar surface area (TPSA) is 49.4 Å². The van der Waals surface area contributed by atoms with Gasteiger partial charge in [-0.3, -0.25) is 14.5 Å². The summed E-state index contributed by atoms with van der Waals surface area (Å²) >= 11 is 3.53. The number of carbonyl (C=O) groups is 2. The van der Waals surface area contributed by atoms with E-state index in [1.807, 2.05) is 39.8 Å². The van der Waals surface area contributed by atoms with Gasteiger partial charge in [0.1, 0.15) is 6.04 Å². The molecule has 1 N–H and O–H groups in total. The second kappa shape index (κ2) is 6.18. The number of likely N-dealkylation sites (tertiary alicyclic amines) is 1. The number of amides is 2. The van der Waals surface area contributed by atoms with Crippen molar-refractivity contribution >= 4 is 33.4 Å². The molecular weight excluding hydrogens is 332 g/mol. The molecule has 1 aliphatic heterocycles. The van der Waals surface area contributed by atoms with Gasteiger partial charge in [-0.2, -0.15) is 0 Å². The standard InChI is InChI=1S/C16H21BrN2O2/c1-5-11(4)19-14(20)8-13(16(19)21)18-12-6-9(2)15(17)10(3)7-12/h6-7,11,13,18H,5,8H2,1-4H3. The average molecular weight is 353 g/mol. The van der Waals surface area contributed by atoms with Crippen molar-refractivity contribution < 1.29 is 9.59 Å². The number of nitrogens with zero attached hydrogens (tertiary/aromatic N) is 1. The Labute approximate surface area is 134 Å². The van der Waals surface area contributed by atoms with Gasteiger partial charge in [-0.25, -0.2) is 0 Å². The number of benzene rings is 1. The first kappa shape index (κ1) is 16.0. The van der Waals surface area contributed by atoms with Crippen LogP contribution in [0.3, 0.4) is 0 Å². The van der Waals surface area contributed by atoms with E-state index in [0.717, 1.165) is 27.7 Å². The molecule has 2 rings (SSSR count). The molecule has 1 aromatic rings. The third-order valence-electron chi connectivity index (χ3n) is 3.99. The van der Waals surface area contributed by atoms with E-state index < -0.39 is 6.04 Å². The zero-order valence-electron chi connectivity index (χ0n) is 12.9. The minimum atomic E-state index is -0.452. The van der Waals surface area contributed by atoms with Crippen molar-refractivity contribution in [3.8, 4) is 0 Å². The maximum absolute atomic E-state index is 12.4. The van der Waals surface area contributed by atoms with Gasteiger partial charge in [0.05, 0.1) is 6.42 Å². The summed E-state index contributed by atoms with van der Waals surface area (Å²) in [7, 11) is 0. The van der Waals surface area contributed by atoms with Gasteiger partial charge in [-0.1, -0.05) is 22.9 Å². The van der Waals surface area contributed by atoms with Gasteiger partial charge >= 0.3 is 0 Å². The number of rotatable bonds is 4. The highest BCUT2D eigenvalue weighted by Gasteiger charge is 2.40. The first-order chi connectivity index (χ1) is 9.85. The minimum absolute atomic E-state index is 0.0369. The molecule has 2 unspecified atom stereocenters. The summed E-state index contributed by atoms with van der Waals surface area (Å²) in [5.41, 5.74) is 3.09. The third-order valence-corrected chi connectivity index (χ3v) is 5.24. The Balaban J connectivity index is 2.18. The fourth-order valence-electron chi connectivity index (χ4n) is 2.64. The van der Waals surface area contributed by atoms with Crippen molar-refractivity contribution in [1.82, 2.24) is 4.90 Å². The lowest BCUT2D eigenvalue weighted by atomic mass is 10.1. The predicted octanol–water partition coefficient (Wildman–Crippen LogP) is 3.40. The largest absolute Gasteiger partial charge is 0.373 e. The lowest BCUT2D eigenvalue weighted by molar-refractivity contribution is -0.140. The van der Waals surface area contributed by atoms with Crippen LogP contribution in [-0.2, 0) is 9.59 Å². The van der Waals surface area contributed by atoms with Gasteiger partial charge in [0.25, 0.3) is 5.91 Å². The first-order valence-corrected chi connectivity index (χ1v) is 8.03. The van der Waals surface area contributed by atoms with Crippen LogP contribution in [0.5, 0.6) is 0 Å². The van der Waals surface area contributed by atoms with E-state index in [1.54, 1.807) is 0 Å². The van der Waals surface area contributed by atoms with E-state index in [0.29, 0.717) is 0 Å². The van der Waals surface area contributed by atoms with Crippen LogP contribution >= 0.6 is 15.9 Å². The number of anilines is 1. The Bertz CT molecular complexity index is 563. The summed E-state index contributed by atoms with van der Waals surface area (Å²) in [6.07, 6.45) is 1.01. The highest BCUT2D eigenvalue weighted by Crippen LogP contribution is 2.27. The number of nitrogens with one attached hydrogen (secondary N) is 1. The van der Waals surface area contributed by atoms with E-state index in [9.17, 15) is 9.59 Å². The fourth-order valence-corrected chi connectivity index (χ4v) is 2.87. The lowest BCUT2D eigenvalue weighted by Crippen LogP contribution is -2.40. The van der Waals surface area contributed by atoms with Crippen molar-refractivity contribution in [1.29, 1.82) is 0 Å². The molecule has 1 fully saturated rings. The second-order valence-electron chi connectivity index (χ2n) is 5.68. The number of hydrogen-bond acceptors (Lipinski definition) is 3. The van der Waals surface area contributed by atoms with E-state index in [-0.39, 0.29) is 24.3 Å². The minimum Gasteiger partial charge on any atom is -0.373 e. The molecule has 0 radical (unpaired) electrons. The highest BCUT2D eigenvalue weighted by molar-refractivity contribution is 9.10. The zero-order chi connectivity index (χ0) is 15.7. The Morgan fingerprint density at radius 3 is 2.43 bits per heavy atom. The molecule has 1 aromatic carbocycles. The molecule has 0 bridgehead atoms. The Kier molecular flexibility index (Phi) is 4.71. The van der Waals surface area contributed by atoms with E-state index in [4.69, 9.17) is 0 Å². The van der Waals surface area contributed by atoms with Gasteiger partial charge in [0.15, 0.2) is 0 Å². The second-order valence-corrected chi connectivity index (χ2v) is 6.48. The Hall–Kier alpha value is -1.36. The molecule has 114 valence electrons. The SMILES string of the molecule is CCC(C)N1C(=O)CC(Nc2cc(C)c(Br)c(C)c2)C1=O. The molecule has 1 aliphatic rings.